The number of hydrogen-bond acceptors (Lipinski definition) is 2. The number of anilines is 1. The van der Waals surface area contributed by atoms with Crippen molar-refractivity contribution in [3.63, 3.8) is 0 Å². The summed E-state index contributed by atoms with van der Waals surface area (Å²) in [6.45, 7) is 3.77. The van der Waals surface area contributed by atoms with Crippen LogP contribution in [0.15, 0.2) is 18.2 Å². The van der Waals surface area contributed by atoms with Gasteiger partial charge in [0.1, 0.15) is 0 Å². The zero-order valence-electron chi connectivity index (χ0n) is 9.63. The molecule has 1 saturated heterocycles. The molecule has 1 aromatic rings. The van der Waals surface area contributed by atoms with Crippen LogP contribution in [0, 0.1) is 6.92 Å². The molecule has 1 unspecified atom stereocenters. The fraction of sp³-hybridized carbons (Fsp3) is 0.538. The normalized spacial score (nSPS) is 21.5. The fourth-order valence-electron chi connectivity index (χ4n) is 1.97. The molecule has 1 fully saturated rings. The molecule has 88 valence electrons. The second-order valence-electron chi connectivity index (χ2n) is 4.35. The minimum absolute atomic E-state index is 0.515. The molecule has 2 nitrogen and oxygen atoms in total. The highest BCUT2D eigenvalue weighted by molar-refractivity contribution is 6.31. The molecule has 1 aromatic carbocycles. The van der Waals surface area contributed by atoms with Crippen molar-refractivity contribution in [3.8, 4) is 0 Å². The molecule has 1 aliphatic heterocycles. The van der Waals surface area contributed by atoms with Crippen LogP contribution in [0.4, 0.5) is 5.69 Å². The van der Waals surface area contributed by atoms with Gasteiger partial charge in [0.05, 0.1) is 0 Å². The molecule has 1 heterocycles. The summed E-state index contributed by atoms with van der Waals surface area (Å²) in [6.07, 6.45) is 3.38. The zero-order chi connectivity index (χ0) is 11.4. The molecule has 0 aliphatic carbocycles. The molecule has 1 aliphatic rings. The molecule has 0 spiro atoms. The molecule has 0 bridgehead atoms. The Morgan fingerprint density at radius 1 is 1.31 bits per heavy atom. The lowest BCUT2D eigenvalue weighted by atomic mass is 10.1. The third kappa shape index (κ3) is 3.13. The van der Waals surface area contributed by atoms with E-state index in [4.69, 9.17) is 16.3 Å². The van der Waals surface area contributed by atoms with Crippen LogP contribution in [0.3, 0.4) is 0 Å². The Balaban J connectivity index is 1.99. The summed E-state index contributed by atoms with van der Waals surface area (Å²) in [5.74, 6) is 0. The minimum Gasteiger partial charge on any atom is -0.382 e. The third-order valence-corrected chi connectivity index (χ3v) is 3.40. The van der Waals surface area contributed by atoms with E-state index in [1.807, 2.05) is 13.0 Å². The molecule has 0 radical (unpaired) electrons. The molecule has 0 saturated carbocycles. The van der Waals surface area contributed by atoms with E-state index in [1.165, 1.54) is 6.42 Å². The van der Waals surface area contributed by atoms with Gasteiger partial charge in [-0.3, -0.25) is 0 Å². The number of hydrogen-bond donors (Lipinski definition) is 1. The van der Waals surface area contributed by atoms with Gasteiger partial charge in [0.15, 0.2) is 0 Å². The van der Waals surface area contributed by atoms with Crippen molar-refractivity contribution >= 4 is 17.3 Å². The van der Waals surface area contributed by atoms with Crippen molar-refractivity contribution in [2.75, 3.05) is 18.5 Å². The zero-order valence-corrected chi connectivity index (χ0v) is 10.4. The lowest BCUT2D eigenvalue weighted by Gasteiger charge is -2.17. The van der Waals surface area contributed by atoms with Crippen LogP contribution in [-0.2, 0) is 4.74 Å². The molecule has 3 heteroatoms. The van der Waals surface area contributed by atoms with Crippen LogP contribution >= 0.6 is 11.6 Å². The summed E-state index contributed by atoms with van der Waals surface area (Å²) in [6, 6.07) is 6.66. The first-order chi connectivity index (χ1) is 7.75. The Kier molecular flexibility index (Phi) is 4.08. The van der Waals surface area contributed by atoms with Gasteiger partial charge in [-0.15, -0.1) is 0 Å². The van der Waals surface area contributed by atoms with Gasteiger partial charge < -0.3 is 10.1 Å². The highest BCUT2D eigenvalue weighted by atomic mass is 35.5. The SMILES string of the molecule is Cc1ccc(NC2CCCOCC2)cc1Cl. The Bertz CT molecular complexity index is 346. The molecule has 0 aromatic heterocycles. The Morgan fingerprint density at radius 2 is 2.19 bits per heavy atom. The molecule has 16 heavy (non-hydrogen) atoms. The van der Waals surface area contributed by atoms with Gasteiger partial charge in [0, 0.05) is 30.0 Å². The lowest BCUT2D eigenvalue weighted by Crippen LogP contribution is -2.19. The first-order valence-corrected chi connectivity index (χ1v) is 6.24. The number of nitrogens with one attached hydrogen (secondary N) is 1. The summed E-state index contributed by atoms with van der Waals surface area (Å²) in [5, 5.41) is 4.35. The van der Waals surface area contributed by atoms with Gasteiger partial charge >= 0.3 is 0 Å². The highest BCUT2D eigenvalue weighted by Crippen LogP contribution is 2.22. The smallest absolute Gasteiger partial charge is 0.0485 e. The van der Waals surface area contributed by atoms with Gasteiger partial charge in [0.2, 0.25) is 0 Å². The summed E-state index contributed by atoms with van der Waals surface area (Å²) in [7, 11) is 0. The van der Waals surface area contributed by atoms with Crippen LogP contribution in [0.5, 0.6) is 0 Å². The monoisotopic (exact) mass is 239 g/mol. The van der Waals surface area contributed by atoms with E-state index in [0.29, 0.717) is 6.04 Å². The van der Waals surface area contributed by atoms with Crippen molar-refractivity contribution in [3.05, 3.63) is 28.8 Å². The molecule has 1 atom stereocenters. The van der Waals surface area contributed by atoms with Crippen LogP contribution in [0.1, 0.15) is 24.8 Å². The van der Waals surface area contributed by atoms with Gasteiger partial charge in [-0.1, -0.05) is 17.7 Å². The number of halogens is 1. The third-order valence-electron chi connectivity index (χ3n) is 2.99. The van der Waals surface area contributed by atoms with Crippen LogP contribution in [0.2, 0.25) is 5.02 Å². The largest absolute Gasteiger partial charge is 0.382 e. The molecular weight excluding hydrogens is 222 g/mol. The van der Waals surface area contributed by atoms with E-state index in [1.54, 1.807) is 0 Å². The summed E-state index contributed by atoms with van der Waals surface area (Å²) in [5.41, 5.74) is 2.24. The van der Waals surface area contributed by atoms with E-state index >= 15 is 0 Å². The van der Waals surface area contributed by atoms with Crippen LogP contribution in [0.25, 0.3) is 0 Å². The molecule has 0 amide bonds. The second-order valence-corrected chi connectivity index (χ2v) is 4.76. The molecular formula is C13H18ClNO. The standard InChI is InChI=1S/C13H18ClNO/c1-10-4-5-12(9-13(10)14)15-11-3-2-7-16-8-6-11/h4-5,9,11,15H,2-3,6-8H2,1H3. The average molecular weight is 240 g/mol. The van der Waals surface area contributed by atoms with Gasteiger partial charge in [-0.2, -0.15) is 0 Å². The lowest BCUT2D eigenvalue weighted by molar-refractivity contribution is 0.144. The number of aryl methyl sites for hydroxylation is 1. The Morgan fingerprint density at radius 3 is 3.00 bits per heavy atom. The summed E-state index contributed by atoms with van der Waals surface area (Å²) >= 11 is 6.10. The summed E-state index contributed by atoms with van der Waals surface area (Å²) in [4.78, 5) is 0. The van der Waals surface area contributed by atoms with E-state index in [-0.39, 0.29) is 0 Å². The number of rotatable bonds is 2. The first kappa shape index (κ1) is 11.7. The van der Waals surface area contributed by atoms with Crippen LogP contribution in [-0.4, -0.2) is 19.3 Å². The highest BCUT2D eigenvalue weighted by Gasteiger charge is 2.12. The fourth-order valence-corrected chi connectivity index (χ4v) is 2.15. The molecule has 2 rings (SSSR count). The topological polar surface area (TPSA) is 21.3 Å². The van der Waals surface area contributed by atoms with Crippen molar-refractivity contribution in [2.45, 2.75) is 32.2 Å². The van der Waals surface area contributed by atoms with Crippen molar-refractivity contribution in [1.82, 2.24) is 0 Å². The van der Waals surface area contributed by atoms with Crippen molar-refractivity contribution in [2.24, 2.45) is 0 Å². The maximum absolute atomic E-state index is 6.10. The van der Waals surface area contributed by atoms with Crippen molar-refractivity contribution < 1.29 is 4.74 Å². The van der Waals surface area contributed by atoms with Gasteiger partial charge in [0.25, 0.3) is 0 Å². The first-order valence-electron chi connectivity index (χ1n) is 5.86. The minimum atomic E-state index is 0.515. The van der Waals surface area contributed by atoms with E-state index in [9.17, 15) is 0 Å². The second kappa shape index (κ2) is 5.55. The van der Waals surface area contributed by atoms with E-state index < -0.39 is 0 Å². The predicted octanol–water partition coefficient (Wildman–Crippen LogP) is 3.63. The predicted molar refractivity (Wildman–Crippen MR) is 68.3 cm³/mol. The van der Waals surface area contributed by atoms with E-state index in [2.05, 4.69) is 17.4 Å². The van der Waals surface area contributed by atoms with Gasteiger partial charge in [-0.25, -0.2) is 0 Å². The Hall–Kier alpha value is -0.730. The number of benzene rings is 1. The summed E-state index contributed by atoms with van der Waals surface area (Å²) < 4.78 is 5.44. The van der Waals surface area contributed by atoms with Crippen molar-refractivity contribution in [1.29, 1.82) is 0 Å². The maximum atomic E-state index is 6.10. The molecule has 1 N–H and O–H groups in total. The van der Waals surface area contributed by atoms with E-state index in [0.717, 1.165) is 42.3 Å². The quantitative estimate of drug-likeness (QED) is 0.851. The maximum Gasteiger partial charge on any atom is 0.0485 e. The van der Waals surface area contributed by atoms with Crippen LogP contribution < -0.4 is 5.32 Å². The average Bonchev–Trinajstić information content (AvgIpc) is 2.52. The number of ether oxygens (including phenoxy) is 1. The van der Waals surface area contributed by atoms with Gasteiger partial charge in [-0.05, 0) is 43.9 Å². The Labute approximate surface area is 102 Å².